The Morgan fingerprint density at radius 1 is 1.00 bits per heavy atom. The van der Waals surface area contributed by atoms with E-state index in [0.717, 1.165) is 0 Å². The molecule has 1 aliphatic carbocycles. The lowest BCUT2D eigenvalue weighted by molar-refractivity contribution is 0.0594. The maximum absolute atomic E-state index is 13.8. The monoisotopic (exact) mass is 493 g/mol. The molecule has 2 N–H and O–H groups in total. The van der Waals surface area contributed by atoms with Crippen molar-refractivity contribution in [2.24, 2.45) is 5.92 Å². The number of ether oxygens (including phenoxy) is 4. The summed E-state index contributed by atoms with van der Waals surface area (Å²) in [6, 6.07) is 5.15. The normalized spacial score (nSPS) is 20.6. The summed E-state index contributed by atoms with van der Waals surface area (Å²) in [5, 5.41) is 0.715. The van der Waals surface area contributed by atoms with Gasteiger partial charge in [-0.25, -0.2) is 4.79 Å². The molecule has 2 atom stereocenters. The van der Waals surface area contributed by atoms with Crippen LogP contribution in [0.1, 0.15) is 50.9 Å². The smallest absolute Gasteiger partial charge is 0.354 e. The fraction of sp³-hybridized carbons (Fsp3) is 0.346. The van der Waals surface area contributed by atoms with Crippen molar-refractivity contribution in [1.82, 2.24) is 14.9 Å². The number of H-pyrrole nitrogens is 2. The first-order valence-electron chi connectivity index (χ1n) is 11.4. The fourth-order valence-corrected chi connectivity index (χ4v) is 5.39. The molecule has 1 fully saturated rings. The van der Waals surface area contributed by atoms with Crippen LogP contribution in [0.25, 0.3) is 10.9 Å². The van der Waals surface area contributed by atoms with Gasteiger partial charge in [0, 0.05) is 29.1 Å². The lowest BCUT2D eigenvalue weighted by Gasteiger charge is -2.33. The molecule has 1 unspecified atom stereocenters. The maximum Gasteiger partial charge on any atom is 0.354 e. The number of amides is 1. The number of rotatable bonds is 5. The second kappa shape index (κ2) is 8.18. The number of nitrogens with zero attached hydrogens (tertiary/aromatic N) is 1. The van der Waals surface area contributed by atoms with Gasteiger partial charge >= 0.3 is 5.97 Å². The first kappa shape index (κ1) is 23.5. The van der Waals surface area contributed by atoms with Crippen LogP contribution in [0.4, 0.5) is 0 Å². The molecule has 3 heterocycles. The van der Waals surface area contributed by atoms with Crippen molar-refractivity contribution in [2.45, 2.75) is 19.3 Å². The number of methoxy groups -OCH3 is 4. The number of likely N-dealkylation sites (tertiary alicyclic amines) is 1. The molecule has 0 radical (unpaired) electrons. The zero-order chi connectivity index (χ0) is 25.9. The maximum atomic E-state index is 13.8. The van der Waals surface area contributed by atoms with Crippen molar-refractivity contribution < 1.29 is 33.3 Å². The van der Waals surface area contributed by atoms with Crippen molar-refractivity contribution in [3.8, 4) is 17.2 Å². The molecule has 3 aromatic rings. The molecule has 1 aromatic carbocycles. The number of carbonyl (C=O) groups is 3. The van der Waals surface area contributed by atoms with Crippen molar-refractivity contribution >= 4 is 28.6 Å². The standard InChI is InChI=1S/C26H27N3O7/c1-12-11-29(19-10-17(30)21-14(26(12,19)2)9-16(28-21)25(32)36-6)24(31)15-7-13-8-18(33-3)22(34-4)23(35-5)20(13)27-15/h7-10,12,27-28H,11H2,1-6H3/t12?,26-/m1/s1. The molecular weight excluding hydrogens is 466 g/mol. The molecule has 1 aliphatic heterocycles. The van der Waals surface area contributed by atoms with Crippen LogP contribution in [0.2, 0.25) is 0 Å². The zero-order valence-electron chi connectivity index (χ0n) is 20.9. The van der Waals surface area contributed by atoms with E-state index < -0.39 is 11.4 Å². The van der Waals surface area contributed by atoms with Gasteiger partial charge in [0.1, 0.15) is 11.4 Å². The van der Waals surface area contributed by atoms with Crippen LogP contribution < -0.4 is 14.2 Å². The highest BCUT2D eigenvalue weighted by molar-refractivity contribution is 6.09. The van der Waals surface area contributed by atoms with E-state index in [4.69, 9.17) is 18.9 Å². The van der Waals surface area contributed by atoms with E-state index in [1.54, 1.807) is 23.1 Å². The molecule has 0 spiro atoms. The Labute approximate surface area is 207 Å². The van der Waals surface area contributed by atoms with E-state index >= 15 is 0 Å². The van der Waals surface area contributed by atoms with Gasteiger partial charge in [-0.15, -0.1) is 0 Å². The van der Waals surface area contributed by atoms with Gasteiger partial charge in [0.15, 0.2) is 11.5 Å². The highest BCUT2D eigenvalue weighted by Crippen LogP contribution is 2.51. The number of aromatic nitrogens is 2. The van der Waals surface area contributed by atoms with Gasteiger partial charge in [0.05, 0.1) is 39.6 Å². The number of hydrogen-bond acceptors (Lipinski definition) is 7. The summed E-state index contributed by atoms with van der Waals surface area (Å²) in [7, 11) is 5.85. The van der Waals surface area contributed by atoms with Crippen molar-refractivity contribution in [2.75, 3.05) is 35.0 Å². The second-order valence-electron chi connectivity index (χ2n) is 9.17. The third kappa shape index (κ3) is 3.06. The molecule has 0 bridgehead atoms. The highest BCUT2D eigenvalue weighted by Gasteiger charge is 2.52. The number of hydrogen-bond donors (Lipinski definition) is 2. The number of benzene rings is 1. The van der Waals surface area contributed by atoms with E-state index in [0.29, 0.717) is 57.3 Å². The van der Waals surface area contributed by atoms with Crippen molar-refractivity contribution in [3.63, 3.8) is 0 Å². The first-order chi connectivity index (χ1) is 17.2. The summed E-state index contributed by atoms with van der Waals surface area (Å²) < 4.78 is 21.3. The van der Waals surface area contributed by atoms with Crippen molar-refractivity contribution in [3.05, 3.63) is 52.6 Å². The van der Waals surface area contributed by atoms with E-state index in [-0.39, 0.29) is 23.3 Å². The topological polar surface area (TPSA) is 123 Å². The lowest BCUT2D eigenvalue weighted by Crippen LogP contribution is -2.35. The number of aromatic amines is 2. The van der Waals surface area contributed by atoms with Crippen LogP contribution >= 0.6 is 0 Å². The molecule has 1 amide bonds. The van der Waals surface area contributed by atoms with Crippen LogP contribution in [0.3, 0.4) is 0 Å². The first-order valence-corrected chi connectivity index (χ1v) is 11.4. The summed E-state index contributed by atoms with van der Waals surface area (Å²) in [5.41, 5.74) is 2.09. The summed E-state index contributed by atoms with van der Waals surface area (Å²) in [6.45, 7) is 4.40. The molecule has 1 saturated heterocycles. The summed E-state index contributed by atoms with van der Waals surface area (Å²) in [4.78, 5) is 46.6. The Kier molecular flexibility index (Phi) is 5.35. The number of allylic oxidation sites excluding steroid dienone is 2. The minimum absolute atomic E-state index is 0.0278. The van der Waals surface area contributed by atoms with E-state index in [1.165, 1.54) is 34.5 Å². The largest absolute Gasteiger partial charge is 0.493 e. The SMILES string of the molecule is COC(=O)c1cc2c([nH]1)C(=O)C=C1N(C(=O)c3cc4cc(OC)c(OC)c(OC)c4[nH]3)CC(C)[C@@]12C. The average Bonchev–Trinajstić information content (AvgIpc) is 3.58. The van der Waals surface area contributed by atoms with Crippen LogP contribution in [0.5, 0.6) is 17.2 Å². The van der Waals surface area contributed by atoms with E-state index in [2.05, 4.69) is 9.97 Å². The minimum Gasteiger partial charge on any atom is -0.493 e. The second-order valence-corrected chi connectivity index (χ2v) is 9.17. The molecule has 2 aromatic heterocycles. The highest BCUT2D eigenvalue weighted by atomic mass is 16.5. The van der Waals surface area contributed by atoms with Gasteiger partial charge < -0.3 is 33.8 Å². The average molecular weight is 494 g/mol. The number of carbonyl (C=O) groups excluding carboxylic acids is 3. The minimum atomic E-state index is -0.655. The molecule has 36 heavy (non-hydrogen) atoms. The van der Waals surface area contributed by atoms with Gasteiger partial charge in [-0.1, -0.05) is 6.92 Å². The van der Waals surface area contributed by atoms with Gasteiger partial charge in [-0.2, -0.15) is 0 Å². The fourth-order valence-electron chi connectivity index (χ4n) is 5.39. The van der Waals surface area contributed by atoms with E-state index in [9.17, 15) is 14.4 Å². The zero-order valence-corrected chi connectivity index (χ0v) is 20.9. The molecule has 2 aliphatic rings. The van der Waals surface area contributed by atoms with Crippen LogP contribution in [0.15, 0.2) is 30.0 Å². The number of esters is 1. The van der Waals surface area contributed by atoms with Crippen LogP contribution in [-0.2, 0) is 10.2 Å². The predicted molar refractivity (Wildman–Crippen MR) is 130 cm³/mol. The quantitative estimate of drug-likeness (QED) is 0.522. The number of ketones is 1. The third-order valence-electron chi connectivity index (χ3n) is 7.46. The Bertz CT molecular complexity index is 1460. The molecule has 5 rings (SSSR count). The third-order valence-corrected chi connectivity index (χ3v) is 7.46. The summed E-state index contributed by atoms with van der Waals surface area (Å²) in [5.74, 6) is 0.144. The predicted octanol–water partition coefficient (Wildman–Crippen LogP) is 3.44. The summed E-state index contributed by atoms with van der Waals surface area (Å²) >= 11 is 0. The van der Waals surface area contributed by atoms with Gasteiger partial charge in [0.25, 0.3) is 5.91 Å². The Morgan fingerprint density at radius 3 is 2.36 bits per heavy atom. The van der Waals surface area contributed by atoms with Gasteiger partial charge in [0.2, 0.25) is 11.5 Å². The number of nitrogens with one attached hydrogen (secondary N) is 2. The van der Waals surface area contributed by atoms with Gasteiger partial charge in [-0.05, 0) is 36.6 Å². The lowest BCUT2D eigenvalue weighted by atomic mass is 9.70. The number of fused-ring (bicyclic) bond motifs is 4. The van der Waals surface area contributed by atoms with Crippen LogP contribution in [-0.4, -0.2) is 67.5 Å². The van der Waals surface area contributed by atoms with Gasteiger partial charge in [-0.3, -0.25) is 9.59 Å². The van der Waals surface area contributed by atoms with Crippen LogP contribution in [0, 0.1) is 5.92 Å². The Balaban J connectivity index is 1.58. The molecule has 0 saturated carbocycles. The molecule has 188 valence electrons. The summed E-state index contributed by atoms with van der Waals surface area (Å²) in [6.07, 6.45) is 1.48. The molecular formula is C26H27N3O7. The Hall–Kier alpha value is -4.21. The van der Waals surface area contributed by atoms with Crippen molar-refractivity contribution in [1.29, 1.82) is 0 Å². The van der Waals surface area contributed by atoms with E-state index in [1.807, 2.05) is 13.8 Å². The molecule has 10 nitrogen and oxygen atoms in total. The molecule has 10 heteroatoms. The Morgan fingerprint density at radius 2 is 1.72 bits per heavy atom.